The highest BCUT2D eigenvalue weighted by atomic mass is 35.5. The lowest BCUT2D eigenvalue weighted by atomic mass is 9.98. The van der Waals surface area contributed by atoms with Crippen molar-refractivity contribution < 1.29 is 14.3 Å². The Balaban J connectivity index is 1.66. The average Bonchev–Trinajstić information content (AvgIpc) is 2.67. The summed E-state index contributed by atoms with van der Waals surface area (Å²) in [6.45, 7) is 5.55. The first-order valence-corrected chi connectivity index (χ1v) is 9.90. The van der Waals surface area contributed by atoms with Gasteiger partial charge in [-0.25, -0.2) is 9.79 Å². The Bertz CT molecular complexity index is 943. The second-order valence-corrected chi connectivity index (χ2v) is 8.18. The van der Waals surface area contributed by atoms with Gasteiger partial charge in [0, 0.05) is 5.02 Å². The van der Waals surface area contributed by atoms with Crippen molar-refractivity contribution in [2.45, 2.75) is 51.4 Å². The molecule has 0 saturated carbocycles. The first-order chi connectivity index (χ1) is 13.7. The maximum Gasteiger partial charge on any atom is 0.328 e. The van der Waals surface area contributed by atoms with E-state index in [1.165, 1.54) is 0 Å². The monoisotopic (exact) mass is 415 g/mol. The van der Waals surface area contributed by atoms with Crippen LogP contribution in [-0.4, -0.2) is 23.5 Å². The summed E-state index contributed by atoms with van der Waals surface area (Å²) in [4.78, 5) is 17.0. The molecule has 1 aliphatic rings. The van der Waals surface area contributed by atoms with Crippen molar-refractivity contribution in [1.82, 2.24) is 0 Å². The maximum absolute atomic E-state index is 12.7. The molecule has 0 fully saturated rings. The molecule has 0 saturated heterocycles. The number of aryl methyl sites for hydroxylation is 1. The SMILES string of the molecule is CC1Oc2ccc(C(N)C(=O)OC(C)(C)CCc3ccccc3Cl)cc2N=C1N. The number of hydrogen-bond donors (Lipinski definition) is 2. The standard InChI is InChI=1S/C22H26ClN3O3/c1-13-20(25)26-17-12-15(8-9-18(17)28-13)19(24)21(27)29-22(2,3)11-10-14-6-4-5-7-16(14)23/h4-9,12-13,19H,10-11,24H2,1-3H3,(H2,25,26). The first kappa shape index (κ1) is 21.1. The van der Waals surface area contributed by atoms with Crippen LogP contribution in [0.3, 0.4) is 0 Å². The molecule has 1 heterocycles. The van der Waals surface area contributed by atoms with E-state index in [1.54, 1.807) is 18.2 Å². The molecule has 4 N–H and O–H groups in total. The molecule has 0 radical (unpaired) electrons. The number of carbonyl (C=O) groups excluding carboxylic acids is 1. The molecule has 2 aromatic rings. The number of fused-ring (bicyclic) bond motifs is 1. The number of ether oxygens (including phenoxy) is 2. The third kappa shape index (κ3) is 5.08. The van der Waals surface area contributed by atoms with Gasteiger partial charge in [0.1, 0.15) is 28.9 Å². The lowest BCUT2D eigenvalue weighted by Crippen LogP contribution is -2.34. The van der Waals surface area contributed by atoms with E-state index in [2.05, 4.69) is 4.99 Å². The predicted molar refractivity (Wildman–Crippen MR) is 115 cm³/mol. The molecule has 3 rings (SSSR count). The van der Waals surface area contributed by atoms with E-state index in [4.69, 9.17) is 32.5 Å². The summed E-state index contributed by atoms with van der Waals surface area (Å²) in [7, 11) is 0. The molecule has 154 valence electrons. The minimum absolute atomic E-state index is 0.286. The number of esters is 1. The summed E-state index contributed by atoms with van der Waals surface area (Å²) >= 11 is 6.21. The fourth-order valence-electron chi connectivity index (χ4n) is 3.06. The fraction of sp³-hybridized carbons (Fsp3) is 0.364. The predicted octanol–water partition coefficient (Wildman–Crippen LogP) is 4.06. The van der Waals surface area contributed by atoms with E-state index in [9.17, 15) is 4.79 Å². The molecular weight excluding hydrogens is 390 g/mol. The van der Waals surface area contributed by atoms with Crippen LogP contribution < -0.4 is 16.2 Å². The van der Waals surface area contributed by atoms with Gasteiger partial charge >= 0.3 is 5.97 Å². The molecule has 2 unspecified atom stereocenters. The Kier molecular flexibility index (Phi) is 6.15. The number of aliphatic imine (C=N–C) groups is 1. The van der Waals surface area contributed by atoms with E-state index >= 15 is 0 Å². The van der Waals surface area contributed by atoms with Gasteiger partial charge in [-0.05, 0) is 62.9 Å². The van der Waals surface area contributed by atoms with Crippen molar-refractivity contribution in [3.63, 3.8) is 0 Å². The van der Waals surface area contributed by atoms with Crippen LogP contribution in [0.5, 0.6) is 5.75 Å². The van der Waals surface area contributed by atoms with Gasteiger partial charge in [-0.1, -0.05) is 35.9 Å². The Morgan fingerprint density at radius 2 is 2.03 bits per heavy atom. The normalized spacial score (nSPS) is 17.0. The lowest BCUT2D eigenvalue weighted by molar-refractivity contribution is -0.158. The molecule has 0 bridgehead atoms. The Morgan fingerprint density at radius 3 is 2.76 bits per heavy atom. The highest BCUT2D eigenvalue weighted by Crippen LogP contribution is 2.34. The summed E-state index contributed by atoms with van der Waals surface area (Å²) in [6.07, 6.45) is 1.02. The second-order valence-electron chi connectivity index (χ2n) is 7.77. The van der Waals surface area contributed by atoms with Crippen molar-refractivity contribution in [2.75, 3.05) is 0 Å². The highest BCUT2D eigenvalue weighted by molar-refractivity contribution is 6.31. The van der Waals surface area contributed by atoms with Gasteiger partial charge in [0.15, 0.2) is 6.10 Å². The van der Waals surface area contributed by atoms with Crippen LogP contribution in [0.2, 0.25) is 5.02 Å². The first-order valence-electron chi connectivity index (χ1n) is 9.53. The van der Waals surface area contributed by atoms with Gasteiger partial charge in [-0.15, -0.1) is 0 Å². The largest absolute Gasteiger partial charge is 0.481 e. The highest BCUT2D eigenvalue weighted by Gasteiger charge is 2.28. The Hall–Kier alpha value is -2.57. The van der Waals surface area contributed by atoms with Crippen molar-refractivity contribution in [1.29, 1.82) is 0 Å². The van der Waals surface area contributed by atoms with Gasteiger partial charge < -0.3 is 20.9 Å². The third-order valence-corrected chi connectivity index (χ3v) is 5.27. The topological polar surface area (TPSA) is 99.9 Å². The van der Waals surface area contributed by atoms with Gasteiger partial charge in [-0.3, -0.25) is 0 Å². The van der Waals surface area contributed by atoms with Gasteiger partial charge in [0.05, 0.1) is 0 Å². The molecule has 1 aliphatic heterocycles. The summed E-state index contributed by atoms with van der Waals surface area (Å²) in [5.41, 5.74) is 13.5. The van der Waals surface area contributed by atoms with Crippen molar-refractivity contribution in [3.8, 4) is 5.75 Å². The van der Waals surface area contributed by atoms with Crippen molar-refractivity contribution in [2.24, 2.45) is 16.5 Å². The summed E-state index contributed by atoms with van der Waals surface area (Å²) in [5, 5.41) is 0.705. The molecular formula is C22H26ClN3O3. The number of hydrogen-bond acceptors (Lipinski definition) is 6. The molecule has 0 aliphatic carbocycles. The van der Waals surface area contributed by atoms with Crippen LogP contribution in [0.4, 0.5) is 5.69 Å². The Morgan fingerprint density at radius 1 is 1.31 bits per heavy atom. The molecule has 6 nitrogen and oxygen atoms in total. The molecule has 0 aromatic heterocycles. The Labute approximate surface area is 175 Å². The summed E-state index contributed by atoms with van der Waals surface area (Å²) in [5.74, 6) is 0.485. The van der Waals surface area contributed by atoms with E-state index < -0.39 is 17.6 Å². The molecule has 29 heavy (non-hydrogen) atoms. The zero-order valence-electron chi connectivity index (χ0n) is 16.8. The van der Waals surface area contributed by atoms with Gasteiger partial charge in [-0.2, -0.15) is 0 Å². The number of nitrogens with two attached hydrogens (primary N) is 2. The number of amidine groups is 1. The fourth-order valence-corrected chi connectivity index (χ4v) is 3.29. The van der Waals surface area contributed by atoms with E-state index in [-0.39, 0.29) is 6.10 Å². The van der Waals surface area contributed by atoms with E-state index in [1.807, 2.05) is 45.0 Å². The molecule has 0 amide bonds. The zero-order valence-corrected chi connectivity index (χ0v) is 17.6. The van der Waals surface area contributed by atoms with Crippen LogP contribution in [-0.2, 0) is 16.0 Å². The van der Waals surface area contributed by atoms with Crippen LogP contribution >= 0.6 is 11.6 Å². The number of halogens is 1. The summed E-state index contributed by atoms with van der Waals surface area (Å²) in [6, 6.07) is 11.9. The summed E-state index contributed by atoms with van der Waals surface area (Å²) < 4.78 is 11.4. The quantitative estimate of drug-likeness (QED) is 0.693. The average molecular weight is 416 g/mol. The molecule has 0 spiro atoms. The number of carbonyl (C=O) groups is 1. The van der Waals surface area contributed by atoms with Crippen LogP contribution in [0.15, 0.2) is 47.5 Å². The van der Waals surface area contributed by atoms with Crippen molar-refractivity contribution >= 4 is 29.1 Å². The van der Waals surface area contributed by atoms with E-state index in [0.717, 1.165) is 5.56 Å². The van der Waals surface area contributed by atoms with Crippen LogP contribution in [0, 0.1) is 0 Å². The van der Waals surface area contributed by atoms with Gasteiger partial charge in [0.2, 0.25) is 0 Å². The van der Waals surface area contributed by atoms with Gasteiger partial charge in [0.25, 0.3) is 0 Å². The minimum atomic E-state index is -0.935. The number of nitrogens with zero attached hydrogens (tertiary/aromatic N) is 1. The maximum atomic E-state index is 12.7. The van der Waals surface area contributed by atoms with Crippen LogP contribution in [0.1, 0.15) is 44.4 Å². The van der Waals surface area contributed by atoms with Crippen LogP contribution in [0.25, 0.3) is 0 Å². The van der Waals surface area contributed by atoms with Crippen molar-refractivity contribution in [3.05, 3.63) is 58.6 Å². The van der Waals surface area contributed by atoms with E-state index in [0.29, 0.717) is 40.7 Å². The molecule has 7 heteroatoms. The zero-order chi connectivity index (χ0) is 21.2. The minimum Gasteiger partial charge on any atom is -0.481 e. The number of benzene rings is 2. The molecule has 2 atom stereocenters. The smallest absolute Gasteiger partial charge is 0.328 e. The second kappa shape index (κ2) is 8.43. The lowest BCUT2D eigenvalue weighted by Gasteiger charge is -2.27. The third-order valence-electron chi connectivity index (χ3n) is 4.90. The number of rotatable bonds is 6. The molecule has 2 aromatic carbocycles.